The number of hydrogen-bond donors (Lipinski definition) is 1. The van der Waals surface area contributed by atoms with Crippen LogP contribution in [0.25, 0.3) is 0 Å². The molecule has 2 saturated heterocycles. The first-order chi connectivity index (χ1) is 15.5. The number of ether oxygens (including phenoxy) is 1. The van der Waals surface area contributed by atoms with E-state index in [2.05, 4.69) is 5.32 Å². The van der Waals surface area contributed by atoms with E-state index in [1.807, 2.05) is 37.3 Å². The first-order valence-corrected chi connectivity index (χ1v) is 11.2. The van der Waals surface area contributed by atoms with Crippen LogP contribution >= 0.6 is 0 Å². The van der Waals surface area contributed by atoms with Crippen LogP contribution in [0.3, 0.4) is 0 Å². The molecule has 1 aliphatic carbocycles. The minimum Gasteiger partial charge on any atom is -0.363 e. The van der Waals surface area contributed by atoms with Crippen LogP contribution in [0.4, 0.5) is 16.2 Å². The number of anilines is 2. The third kappa shape index (κ3) is 3.66. The molecule has 2 aromatic carbocycles. The topological polar surface area (TPSA) is 79.0 Å². The SMILES string of the molecule is Cc1ccc(N2C(=O)C3OC4CCCCC4C3N(CC(=O)Nc3ccccc3)C2=O)cc1. The zero-order valence-electron chi connectivity index (χ0n) is 18.1. The normalized spacial score (nSPS) is 27.2. The van der Waals surface area contributed by atoms with Gasteiger partial charge in [0.2, 0.25) is 5.91 Å². The van der Waals surface area contributed by atoms with E-state index >= 15 is 0 Å². The van der Waals surface area contributed by atoms with Gasteiger partial charge in [-0.2, -0.15) is 0 Å². The fourth-order valence-electron chi connectivity index (χ4n) is 5.24. The molecular weight excluding hydrogens is 406 g/mol. The molecule has 166 valence electrons. The maximum absolute atomic E-state index is 13.6. The van der Waals surface area contributed by atoms with Gasteiger partial charge in [-0.05, 0) is 44.0 Å². The molecule has 7 heteroatoms. The molecule has 0 bridgehead atoms. The van der Waals surface area contributed by atoms with E-state index in [0.717, 1.165) is 31.2 Å². The van der Waals surface area contributed by atoms with Crippen molar-refractivity contribution < 1.29 is 19.1 Å². The van der Waals surface area contributed by atoms with Gasteiger partial charge in [-0.15, -0.1) is 0 Å². The zero-order chi connectivity index (χ0) is 22.2. The number of fused-ring (bicyclic) bond motifs is 3. The van der Waals surface area contributed by atoms with Crippen molar-refractivity contribution in [2.24, 2.45) is 5.92 Å². The maximum Gasteiger partial charge on any atom is 0.332 e. The van der Waals surface area contributed by atoms with Gasteiger partial charge in [0.1, 0.15) is 6.54 Å². The molecule has 0 spiro atoms. The van der Waals surface area contributed by atoms with Crippen LogP contribution in [0.5, 0.6) is 0 Å². The molecule has 7 nitrogen and oxygen atoms in total. The van der Waals surface area contributed by atoms with Gasteiger partial charge in [0, 0.05) is 11.6 Å². The Labute approximate surface area is 187 Å². The predicted octanol–water partition coefficient (Wildman–Crippen LogP) is 3.73. The second-order valence-electron chi connectivity index (χ2n) is 8.87. The summed E-state index contributed by atoms with van der Waals surface area (Å²) in [7, 11) is 0. The lowest BCUT2D eigenvalue weighted by molar-refractivity contribution is -0.133. The van der Waals surface area contributed by atoms with E-state index in [1.165, 1.54) is 4.90 Å². The Morgan fingerprint density at radius 3 is 2.50 bits per heavy atom. The first kappa shape index (κ1) is 20.7. The van der Waals surface area contributed by atoms with Crippen molar-refractivity contribution in [3.8, 4) is 0 Å². The van der Waals surface area contributed by atoms with Gasteiger partial charge in [-0.3, -0.25) is 9.59 Å². The Balaban J connectivity index is 1.46. The highest BCUT2D eigenvalue weighted by atomic mass is 16.5. The third-order valence-corrected chi connectivity index (χ3v) is 6.75. The van der Waals surface area contributed by atoms with Gasteiger partial charge in [-0.25, -0.2) is 9.69 Å². The van der Waals surface area contributed by atoms with Crippen molar-refractivity contribution in [2.75, 3.05) is 16.8 Å². The van der Waals surface area contributed by atoms with Crippen molar-refractivity contribution >= 4 is 29.2 Å². The Hall–Kier alpha value is -3.19. The molecule has 3 fully saturated rings. The lowest BCUT2D eigenvalue weighted by Gasteiger charge is -2.42. The van der Waals surface area contributed by atoms with Crippen LogP contribution < -0.4 is 10.2 Å². The molecule has 2 heterocycles. The molecular formula is C25H27N3O4. The number of nitrogens with zero attached hydrogens (tertiary/aromatic N) is 2. The number of amides is 4. The summed E-state index contributed by atoms with van der Waals surface area (Å²) in [6.45, 7) is 1.82. The quantitative estimate of drug-likeness (QED) is 0.797. The fourth-order valence-corrected chi connectivity index (χ4v) is 5.24. The minimum absolute atomic E-state index is 0.0480. The Morgan fingerprint density at radius 2 is 1.75 bits per heavy atom. The second kappa shape index (κ2) is 8.39. The van der Waals surface area contributed by atoms with E-state index < -0.39 is 18.2 Å². The fraction of sp³-hybridized carbons (Fsp3) is 0.400. The molecule has 4 atom stereocenters. The van der Waals surface area contributed by atoms with Crippen molar-refractivity contribution in [3.63, 3.8) is 0 Å². The summed E-state index contributed by atoms with van der Waals surface area (Å²) >= 11 is 0. The lowest BCUT2D eigenvalue weighted by Crippen LogP contribution is -2.65. The lowest BCUT2D eigenvalue weighted by atomic mass is 9.81. The number of urea groups is 1. The number of nitrogens with one attached hydrogen (secondary N) is 1. The van der Waals surface area contributed by atoms with Crippen molar-refractivity contribution in [3.05, 3.63) is 60.2 Å². The summed E-state index contributed by atoms with van der Waals surface area (Å²) in [4.78, 5) is 42.7. The van der Waals surface area contributed by atoms with Crippen molar-refractivity contribution in [1.82, 2.24) is 4.90 Å². The maximum atomic E-state index is 13.6. The monoisotopic (exact) mass is 433 g/mol. The largest absolute Gasteiger partial charge is 0.363 e. The Morgan fingerprint density at radius 1 is 1.03 bits per heavy atom. The highest BCUT2D eigenvalue weighted by Crippen LogP contribution is 2.43. The van der Waals surface area contributed by atoms with Crippen LogP contribution in [0.2, 0.25) is 0 Å². The third-order valence-electron chi connectivity index (χ3n) is 6.75. The molecule has 1 N–H and O–H groups in total. The average molecular weight is 434 g/mol. The van der Waals surface area contributed by atoms with E-state index in [4.69, 9.17) is 4.74 Å². The summed E-state index contributed by atoms with van der Waals surface area (Å²) in [6, 6.07) is 15.5. The van der Waals surface area contributed by atoms with Gasteiger partial charge in [0.15, 0.2) is 6.10 Å². The highest BCUT2D eigenvalue weighted by Gasteiger charge is 2.58. The number of imide groups is 1. The predicted molar refractivity (Wildman–Crippen MR) is 120 cm³/mol. The molecule has 0 radical (unpaired) electrons. The standard InChI is InChI=1S/C25H27N3O4/c1-16-11-13-18(14-12-16)28-24(30)23-22(19-9-5-6-10-20(19)32-23)27(25(28)31)15-21(29)26-17-7-3-2-4-8-17/h2-4,7-8,11-14,19-20,22-23H,5-6,9-10,15H2,1H3,(H,26,29). The van der Waals surface area contributed by atoms with Gasteiger partial charge >= 0.3 is 6.03 Å². The molecule has 2 aliphatic heterocycles. The number of benzene rings is 2. The van der Waals surface area contributed by atoms with Gasteiger partial charge < -0.3 is 15.0 Å². The summed E-state index contributed by atoms with van der Waals surface area (Å²) in [5.41, 5.74) is 2.20. The van der Waals surface area contributed by atoms with E-state index in [0.29, 0.717) is 11.4 Å². The van der Waals surface area contributed by atoms with Crippen LogP contribution in [-0.2, 0) is 14.3 Å². The van der Waals surface area contributed by atoms with Crippen LogP contribution in [0.15, 0.2) is 54.6 Å². The summed E-state index contributed by atoms with van der Waals surface area (Å²) in [5, 5.41) is 2.86. The second-order valence-corrected chi connectivity index (χ2v) is 8.87. The van der Waals surface area contributed by atoms with Crippen LogP contribution in [0.1, 0.15) is 31.2 Å². The van der Waals surface area contributed by atoms with E-state index in [1.54, 1.807) is 29.2 Å². The smallest absolute Gasteiger partial charge is 0.332 e. The number of carbonyl (C=O) groups excluding carboxylic acids is 3. The molecule has 4 amide bonds. The van der Waals surface area contributed by atoms with Crippen LogP contribution in [0, 0.1) is 12.8 Å². The molecule has 5 rings (SSSR count). The molecule has 0 aromatic heterocycles. The number of carbonyl (C=O) groups is 3. The minimum atomic E-state index is -0.744. The Kier molecular flexibility index (Phi) is 5.43. The van der Waals surface area contributed by atoms with E-state index in [-0.39, 0.29) is 30.4 Å². The highest BCUT2D eigenvalue weighted by molar-refractivity contribution is 6.18. The number of hydrogen-bond acceptors (Lipinski definition) is 4. The van der Waals surface area contributed by atoms with Crippen molar-refractivity contribution in [1.29, 1.82) is 0 Å². The van der Waals surface area contributed by atoms with Gasteiger partial charge in [0.25, 0.3) is 5.91 Å². The number of rotatable bonds is 4. The van der Waals surface area contributed by atoms with Crippen LogP contribution in [-0.4, -0.2) is 47.5 Å². The molecule has 3 aliphatic rings. The molecule has 2 aromatic rings. The Bertz CT molecular complexity index is 1020. The molecule has 4 unspecified atom stereocenters. The summed E-state index contributed by atoms with van der Waals surface area (Å²) in [5.74, 6) is -0.551. The van der Waals surface area contributed by atoms with Gasteiger partial charge in [-0.1, -0.05) is 48.7 Å². The number of aryl methyl sites for hydroxylation is 1. The first-order valence-electron chi connectivity index (χ1n) is 11.2. The zero-order valence-corrected chi connectivity index (χ0v) is 18.1. The van der Waals surface area contributed by atoms with Gasteiger partial charge in [0.05, 0.1) is 17.8 Å². The average Bonchev–Trinajstić information content (AvgIpc) is 3.19. The number of para-hydroxylation sites is 1. The summed E-state index contributed by atoms with van der Waals surface area (Å²) in [6.07, 6.45) is 3.09. The summed E-state index contributed by atoms with van der Waals surface area (Å²) < 4.78 is 6.22. The molecule has 1 saturated carbocycles. The van der Waals surface area contributed by atoms with E-state index in [9.17, 15) is 14.4 Å². The van der Waals surface area contributed by atoms with Crippen molar-refractivity contribution in [2.45, 2.75) is 50.9 Å². The molecule has 32 heavy (non-hydrogen) atoms.